The van der Waals surface area contributed by atoms with E-state index >= 15 is 0 Å². The third kappa shape index (κ3) is 4.31. The molecule has 1 aromatic carbocycles. The highest BCUT2D eigenvalue weighted by Crippen LogP contribution is 2.04. The maximum Gasteiger partial charge on any atom is 0.399 e. The van der Waals surface area contributed by atoms with E-state index < -0.39 is 6.09 Å². The second-order valence-electron chi connectivity index (χ2n) is 4.00. The van der Waals surface area contributed by atoms with Crippen LogP contribution in [-0.2, 0) is 11.3 Å². The summed E-state index contributed by atoms with van der Waals surface area (Å²) in [6, 6.07) is 9.26. The van der Waals surface area contributed by atoms with Crippen LogP contribution >= 0.6 is 0 Å². The van der Waals surface area contributed by atoms with Gasteiger partial charge in [0.05, 0.1) is 0 Å². The molecule has 1 amide bonds. The van der Waals surface area contributed by atoms with E-state index in [1.807, 2.05) is 44.2 Å². The second kappa shape index (κ2) is 6.12. The van der Waals surface area contributed by atoms with Crippen molar-refractivity contribution in [3.05, 3.63) is 41.1 Å². The van der Waals surface area contributed by atoms with Gasteiger partial charge in [-0.1, -0.05) is 44.2 Å². The summed E-state index contributed by atoms with van der Waals surface area (Å²) in [6.07, 6.45) is -0.822. The lowest BCUT2D eigenvalue weighted by molar-refractivity contribution is 0.107. The number of benzene rings is 1. The van der Waals surface area contributed by atoms with Crippen LogP contribution in [0.5, 0.6) is 0 Å². The van der Waals surface area contributed by atoms with Crippen molar-refractivity contribution in [3.8, 4) is 0 Å². The van der Waals surface area contributed by atoms with Gasteiger partial charge in [-0.25, -0.2) is 4.79 Å². The average Bonchev–Trinajstić information content (AvgIpc) is 2.26. The molecule has 0 bridgehead atoms. The minimum atomic E-state index is -0.822. The molecular weight excluding hydrogens is 206 g/mol. The van der Waals surface area contributed by atoms with Gasteiger partial charge < -0.3 is 15.0 Å². The van der Waals surface area contributed by atoms with Crippen molar-refractivity contribution in [1.82, 2.24) is 5.06 Å². The summed E-state index contributed by atoms with van der Waals surface area (Å²) in [5.41, 5.74) is 0.869. The van der Waals surface area contributed by atoms with Crippen LogP contribution in [0.1, 0.15) is 19.4 Å². The van der Waals surface area contributed by atoms with E-state index in [9.17, 15) is 10.0 Å². The number of rotatable bonds is 4. The van der Waals surface area contributed by atoms with Crippen LogP contribution in [0, 0.1) is 11.1 Å². The third-order valence-electron chi connectivity index (χ3n) is 1.94. The molecule has 0 heterocycles. The number of ether oxygens (including phenoxy) is 1. The van der Waals surface area contributed by atoms with Crippen LogP contribution < -0.4 is 0 Å². The van der Waals surface area contributed by atoms with Crippen LogP contribution in [0.2, 0.25) is 0 Å². The Bertz CT molecular complexity index is 324. The molecule has 0 unspecified atom stereocenters. The van der Waals surface area contributed by atoms with E-state index in [2.05, 4.69) is 0 Å². The van der Waals surface area contributed by atoms with Gasteiger partial charge in [0.2, 0.25) is 0 Å². The summed E-state index contributed by atoms with van der Waals surface area (Å²) >= 11 is 0. The Kier molecular flexibility index (Phi) is 4.79. The summed E-state index contributed by atoms with van der Waals surface area (Å²) in [6.45, 7) is 4.04. The van der Waals surface area contributed by atoms with Crippen molar-refractivity contribution < 1.29 is 9.53 Å². The van der Waals surface area contributed by atoms with Gasteiger partial charge in [0.25, 0.3) is 0 Å². The Hall–Kier alpha value is -1.55. The number of hydrogen-bond donors (Lipinski definition) is 0. The summed E-state index contributed by atoms with van der Waals surface area (Å²) in [5.74, 6) is 0.141. The Labute approximate surface area is 95.4 Å². The lowest BCUT2D eigenvalue weighted by Gasteiger charge is -2.28. The molecule has 16 heavy (non-hydrogen) atoms. The van der Waals surface area contributed by atoms with Gasteiger partial charge in [-0.2, -0.15) is 0 Å². The molecule has 0 aliphatic heterocycles. The zero-order chi connectivity index (χ0) is 12.0. The highest BCUT2D eigenvalue weighted by molar-refractivity contribution is 5.67. The Morgan fingerprint density at radius 2 is 2.00 bits per heavy atom. The van der Waals surface area contributed by atoms with E-state index in [0.29, 0.717) is 5.06 Å². The van der Waals surface area contributed by atoms with Gasteiger partial charge in [-0.05, 0) is 11.5 Å². The minimum Gasteiger partial charge on any atom is -0.754 e. The van der Waals surface area contributed by atoms with E-state index in [0.717, 1.165) is 5.56 Å². The van der Waals surface area contributed by atoms with Gasteiger partial charge in [0.1, 0.15) is 6.61 Å². The predicted molar refractivity (Wildman–Crippen MR) is 61.5 cm³/mol. The van der Waals surface area contributed by atoms with Crippen molar-refractivity contribution in [3.63, 3.8) is 0 Å². The van der Waals surface area contributed by atoms with E-state index in [1.54, 1.807) is 0 Å². The Morgan fingerprint density at radius 1 is 1.38 bits per heavy atom. The molecule has 88 valence electrons. The molecule has 0 N–H and O–H groups in total. The fourth-order valence-corrected chi connectivity index (χ4v) is 1.20. The molecule has 0 radical (unpaired) electrons. The molecule has 0 atom stereocenters. The Morgan fingerprint density at radius 3 is 2.56 bits per heavy atom. The molecule has 0 saturated carbocycles. The second-order valence-corrected chi connectivity index (χ2v) is 4.00. The van der Waals surface area contributed by atoms with Crippen LogP contribution in [0.15, 0.2) is 30.3 Å². The number of carbonyl (C=O) groups is 1. The number of nitrogens with zero attached hydrogens (tertiary/aromatic N) is 1. The molecule has 0 aliphatic rings. The number of carbonyl (C=O) groups excluding carboxylic acids is 1. The molecule has 0 spiro atoms. The molecule has 0 fully saturated rings. The van der Waals surface area contributed by atoms with Gasteiger partial charge >= 0.3 is 6.09 Å². The fourth-order valence-electron chi connectivity index (χ4n) is 1.20. The lowest BCUT2D eigenvalue weighted by Crippen LogP contribution is -2.29. The predicted octanol–water partition coefficient (Wildman–Crippen LogP) is 2.78. The van der Waals surface area contributed by atoms with E-state index in [-0.39, 0.29) is 19.1 Å². The summed E-state index contributed by atoms with van der Waals surface area (Å²) in [4.78, 5) is 11.2. The monoisotopic (exact) mass is 222 g/mol. The number of amides is 1. The molecule has 4 nitrogen and oxygen atoms in total. The van der Waals surface area contributed by atoms with Crippen molar-refractivity contribution >= 4 is 6.09 Å². The lowest BCUT2D eigenvalue weighted by atomic mass is 10.2. The highest BCUT2D eigenvalue weighted by atomic mass is 16.6. The van der Waals surface area contributed by atoms with Gasteiger partial charge in [0.15, 0.2) is 0 Å². The molecule has 0 aliphatic carbocycles. The van der Waals surface area contributed by atoms with Crippen molar-refractivity contribution in [2.75, 3.05) is 6.54 Å². The molecule has 1 rings (SSSR count). The number of hydroxylamine groups is 2. The normalized spacial score (nSPS) is 10.2. The maximum atomic E-state index is 11.2. The fraction of sp³-hybridized carbons (Fsp3) is 0.417. The first-order valence-electron chi connectivity index (χ1n) is 5.25. The van der Waals surface area contributed by atoms with Gasteiger partial charge in [-0.3, -0.25) is 0 Å². The maximum absolute atomic E-state index is 11.2. The largest absolute Gasteiger partial charge is 0.754 e. The van der Waals surface area contributed by atoms with Crippen LogP contribution in [-0.4, -0.2) is 17.7 Å². The summed E-state index contributed by atoms with van der Waals surface area (Å²) < 4.78 is 4.87. The first kappa shape index (κ1) is 12.5. The average molecular weight is 222 g/mol. The first-order chi connectivity index (χ1) is 7.59. The molecule has 0 aromatic heterocycles. The Balaban J connectivity index is 2.35. The quantitative estimate of drug-likeness (QED) is 0.736. The first-order valence-corrected chi connectivity index (χ1v) is 5.25. The van der Waals surface area contributed by atoms with Crippen molar-refractivity contribution in [1.29, 1.82) is 0 Å². The van der Waals surface area contributed by atoms with Crippen LogP contribution in [0.4, 0.5) is 4.79 Å². The highest BCUT2D eigenvalue weighted by Gasteiger charge is 2.06. The molecule has 0 saturated heterocycles. The topological polar surface area (TPSA) is 52.6 Å². The zero-order valence-corrected chi connectivity index (χ0v) is 9.55. The third-order valence-corrected chi connectivity index (χ3v) is 1.94. The molecule has 4 heteroatoms. The SMILES string of the molecule is CC(C)CN([O-])C(=O)OCc1ccccc1. The molecule has 1 aromatic rings. The van der Waals surface area contributed by atoms with E-state index in [1.165, 1.54) is 0 Å². The minimum absolute atomic E-state index is 0.135. The van der Waals surface area contributed by atoms with Gasteiger partial charge in [0, 0.05) is 6.54 Å². The number of hydrogen-bond acceptors (Lipinski definition) is 3. The zero-order valence-electron chi connectivity index (χ0n) is 9.55. The van der Waals surface area contributed by atoms with Crippen molar-refractivity contribution in [2.45, 2.75) is 20.5 Å². The smallest absolute Gasteiger partial charge is 0.399 e. The summed E-state index contributed by atoms with van der Waals surface area (Å²) in [7, 11) is 0. The summed E-state index contributed by atoms with van der Waals surface area (Å²) in [5, 5.41) is 11.6. The van der Waals surface area contributed by atoms with Crippen molar-refractivity contribution in [2.24, 2.45) is 5.92 Å². The van der Waals surface area contributed by atoms with Crippen LogP contribution in [0.25, 0.3) is 0 Å². The molecular formula is C12H16NO3-. The van der Waals surface area contributed by atoms with Gasteiger partial charge in [-0.15, -0.1) is 0 Å². The van der Waals surface area contributed by atoms with Crippen LogP contribution in [0.3, 0.4) is 0 Å². The van der Waals surface area contributed by atoms with E-state index in [4.69, 9.17) is 4.74 Å². The standard InChI is InChI=1S/C12H16NO3/c1-10(2)8-13(15)12(14)16-9-11-6-4-3-5-7-11/h3-7,10H,8-9H2,1-2H3/q-1.